The summed E-state index contributed by atoms with van der Waals surface area (Å²) in [6.07, 6.45) is 0.0322. The lowest BCUT2D eigenvalue weighted by molar-refractivity contribution is -0.137. The molecule has 7 nitrogen and oxygen atoms in total. The summed E-state index contributed by atoms with van der Waals surface area (Å²) in [5, 5.41) is 11.6. The van der Waals surface area contributed by atoms with Crippen LogP contribution in [0.5, 0.6) is 11.5 Å². The van der Waals surface area contributed by atoms with E-state index in [-0.39, 0.29) is 12.8 Å². The van der Waals surface area contributed by atoms with Crippen molar-refractivity contribution in [1.29, 1.82) is 0 Å². The number of nitrogens with one attached hydrogen (secondary N) is 1. The van der Waals surface area contributed by atoms with Gasteiger partial charge in [-0.25, -0.2) is 0 Å². The van der Waals surface area contributed by atoms with Crippen LogP contribution in [-0.4, -0.2) is 37.2 Å². The molecule has 0 aliphatic heterocycles. The molecule has 0 bridgehead atoms. The molecule has 1 rings (SSSR count). The van der Waals surface area contributed by atoms with Crippen molar-refractivity contribution in [1.82, 2.24) is 5.32 Å². The minimum atomic E-state index is -0.964. The molecule has 0 unspecified atom stereocenters. The molecule has 0 saturated carbocycles. The van der Waals surface area contributed by atoms with Gasteiger partial charge in [0.2, 0.25) is 5.91 Å². The largest absolute Gasteiger partial charge is 0.493 e. The lowest BCUT2D eigenvalue weighted by Crippen LogP contribution is -2.41. The van der Waals surface area contributed by atoms with E-state index in [0.717, 1.165) is 5.56 Å². The van der Waals surface area contributed by atoms with E-state index in [2.05, 4.69) is 5.32 Å². The number of aliphatic carboxylic acids is 1. The maximum atomic E-state index is 11.3. The van der Waals surface area contributed by atoms with E-state index in [0.29, 0.717) is 18.0 Å². The number of amides is 1. The molecule has 1 amide bonds. The van der Waals surface area contributed by atoms with Crippen LogP contribution in [0.25, 0.3) is 0 Å². The molecule has 4 N–H and O–H groups in total. The standard InChI is InChI=1S/C14H20N2O5/c1-20-11-5-3-9(7-12(11)21-2)8-16-10(14(15)19)4-6-13(17)18/h3,5,7,10,16H,4,6,8H2,1-2H3,(H2,15,19)(H,17,18)/t10-/m0/s1. The third kappa shape index (κ3) is 5.31. The zero-order valence-corrected chi connectivity index (χ0v) is 12.1. The van der Waals surface area contributed by atoms with E-state index < -0.39 is 17.9 Å². The van der Waals surface area contributed by atoms with E-state index in [9.17, 15) is 9.59 Å². The van der Waals surface area contributed by atoms with Gasteiger partial charge >= 0.3 is 5.97 Å². The number of carbonyl (C=O) groups is 2. The highest BCUT2D eigenvalue weighted by Gasteiger charge is 2.16. The Morgan fingerprint density at radius 1 is 1.29 bits per heavy atom. The van der Waals surface area contributed by atoms with Gasteiger partial charge in [-0.1, -0.05) is 6.07 Å². The number of methoxy groups -OCH3 is 2. The first-order valence-electron chi connectivity index (χ1n) is 6.43. The molecule has 116 valence electrons. The highest BCUT2D eigenvalue weighted by atomic mass is 16.5. The third-order valence-electron chi connectivity index (χ3n) is 2.99. The number of carboxylic acids is 1. The van der Waals surface area contributed by atoms with Gasteiger partial charge < -0.3 is 25.6 Å². The summed E-state index contributed by atoms with van der Waals surface area (Å²) in [4.78, 5) is 21.8. The van der Waals surface area contributed by atoms with Crippen LogP contribution >= 0.6 is 0 Å². The van der Waals surface area contributed by atoms with Gasteiger partial charge in [0, 0.05) is 13.0 Å². The summed E-state index contributed by atoms with van der Waals surface area (Å²) in [6, 6.07) is 4.67. The number of rotatable bonds is 9. The lowest BCUT2D eigenvalue weighted by Gasteiger charge is -2.15. The number of primary amides is 1. The Bertz CT molecular complexity index is 504. The summed E-state index contributed by atoms with van der Waals surface area (Å²) in [7, 11) is 3.08. The molecule has 7 heteroatoms. The Balaban J connectivity index is 2.67. The van der Waals surface area contributed by atoms with Crippen LogP contribution in [0, 0.1) is 0 Å². The van der Waals surface area contributed by atoms with Crippen LogP contribution in [0.4, 0.5) is 0 Å². The number of ether oxygens (including phenoxy) is 2. The zero-order valence-electron chi connectivity index (χ0n) is 12.1. The van der Waals surface area contributed by atoms with Crippen molar-refractivity contribution in [3.05, 3.63) is 23.8 Å². The Labute approximate surface area is 123 Å². The van der Waals surface area contributed by atoms with Crippen molar-refractivity contribution in [3.63, 3.8) is 0 Å². The molecule has 0 radical (unpaired) electrons. The number of nitrogens with two attached hydrogens (primary N) is 1. The van der Waals surface area contributed by atoms with Gasteiger partial charge in [0.1, 0.15) is 0 Å². The molecule has 1 aromatic carbocycles. The maximum Gasteiger partial charge on any atom is 0.303 e. The van der Waals surface area contributed by atoms with Crippen molar-refractivity contribution >= 4 is 11.9 Å². The van der Waals surface area contributed by atoms with Gasteiger partial charge in [-0.3, -0.25) is 9.59 Å². The molecular formula is C14H20N2O5. The van der Waals surface area contributed by atoms with Crippen molar-refractivity contribution in [2.45, 2.75) is 25.4 Å². The molecule has 0 fully saturated rings. The third-order valence-corrected chi connectivity index (χ3v) is 2.99. The van der Waals surface area contributed by atoms with E-state index >= 15 is 0 Å². The topological polar surface area (TPSA) is 111 Å². The maximum absolute atomic E-state index is 11.3. The van der Waals surface area contributed by atoms with Gasteiger partial charge in [0.05, 0.1) is 20.3 Å². The number of carboxylic acid groups (broad SMARTS) is 1. The van der Waals surface area contributed by atoms with Crippen LogP contribution in [0.2, 0.25) is 0 Å². The van der Waals surface area contributed by atoms with Crippen LogP contribution in [-0.2, 0) is 16.1 Å². The van der Waals surface area contributed by atoms with Crippen LogP contribution in [0.15, 0.2) is 18.2 Å². The molecule has 1 aromatic rings. The van der Waals surface area contributed by atoms with E-state index in [1.54, 1.807) is 19.2 Å². The minimum Gasteiger partial charge on any atom is -0.493 e. The molecule has 0 aromatic heterocycles. The zero-order chi connectivity index (χ0) is 15.8. The molecule has 0 spiro atoms. The fraction of sp³-hybridized carbons (Fsp3) is 0.429. The second-order valence-electron chi connectivity index (χ2n) is 4.46. The quantitative estimate of drug-likeness (QED) is 0.612. The van der Waals surface area contributed by atoms with Gasteiger partial charge in [-0.05, 0) is 24.1 Å². The molecular weight excluding hydrogens is 276 g/mol. The lowest BCUT2D eigenvalue weighted by atomic mass is 10.1. The van der Waals surface area contributed by atoms with Gasteiger partial charge in [0.15, 0.2) is 11.5 Å². The Morgan fingerprint density at radius 2 is 1.95 bits per heavy atom. The fourth-order valence-corrected chi connectivity index (χ4v) is 1.84. The molecule has 21 heavy (non-hydrogen) atoms. The van der Waals surface area contributed by atoms with Crippen LogP contribution in [0.3, 0.4) is 0 Å². The average Bonchev–Trinajstić information content (AvgIpc) is 2.46. The van der Waals surface area contributed by atoms with Crippen LogP contribution < -0.4 is 20.5 Å². The van der Waals surface area contributed by atoms with E-state index in [1.165, 1.54) is 7.11 Å². The summed E-state index contributed by atoms with van der Waals surface area (Å²) in [6.45, 7) is 0.369. The summed E-state index contributed by atoms with van der Waals surface area (Å²) in [5.74, 6) is -0.345. The number of hydrogen-bond donors (Lipinski definition) is 3. The first-order chi connectivity index (χ1) is 9.97. The second kappa shape index (κ2) is 8.11. The minimum absolute atomic E-state index is 0.119. The van der Waals surface area contributed by atoms with Crippen molar-refractivity contribution in [2.24, 2.45) is 5.73 Å². The molecule has 0 saturated heterocycles. The first kappa shape index (κ1) is 16.8. The van der Waals surface area contributed by atoms with E-state index in [1.807, 2.05) is 6.07 Å². The number of benzene rings is 1. The predicted octanol–water partition coefficient (Wildman–Crippen LogP) is 0.512. The second-order valence-corrected chi connectivity index (χ2v) is 4.46. The molecule has 0 aliphatic carbocycles. The fourth-order valence-electron chi connectivity index (χ4n) is 1.84. The van der Waals surface area contributed by atoms with Crippen molar-refractivity contribution in [2.75, 3.05) is 14.2 Å². The number of carbonyl (C=O) groups excluding carboxylic acids is 1. The molecule has 1 atom stereocenters. The van der Waals surface area contributed by atoms with Gasteiger partial charge in [-0.2, -0.15) is 0 Å². The normalized spacial score (nSPS) is 11.7. The summed E-state index contributed by atoms with van der Waals surface area (Å²) in [5.41, 5.74) is 6.12. The predicted molar refractivity (Wildman–Crippen MR) is 76.2 cm³/mol. The summed E-state index contributed by atoms with van der Waals surface area (Å²) < 4.78 is 10.3. The summed E-state index contributed by atoms with van der Waals surface area (Å²) >= 11 is 0. The Hall–Kier alpha value is -2.28. The molecule has 0 heterocycles. The Kier molecular flexibility index (Phi) is 6.48. The van der Waals surface area contributed by atoms with Crippen molar-refractivity contribution in [3.8, 4) is 11.5 Å². The number of hydrogen-bond acceptors (Lipinski definition) is 5. The highest BCUT2D eigenvalue weighted by Crippen LogP contribution is 2.27. The van der Waals surface area contributed by atoms with Crippen molar-refractivity contribution < 1.29 is 24.2 Å². The smallest absolute Gasteiger partial charge is 0.303 e. The Morgan fingerprint density at radius 3 is 2.48 bits per heavy atom. The highest BCUT2D eigenvalue weighted by molar-refractivity contribution is 5.80. The first-order valence-corrected chi connectivity index (χ1v) is 6.43. The molecule has 0 aliphatic rings. The average molecular weight is 296 g/mol. The monoisotopic (exact) mass is 296 g/mol. The van der Waals surface area contributed by atoms with Crippen LogP contribution in [0.1, 0.15) is 18.4 Å². The SMILES string of the molecule is COc1ccc(CN[C@@H](CCC(=O)O)C(N)=O)cc1OC. The van der Waals surface area contributed by atoms with Gasteiger partial charge in [0.25, 0.3) is 0 Å². The van der Waals surface area contributed by atoms with E-state index in [4.69, 9.17) is 20.3 Å². The van der Waals surface area contributed by atoms with Gasteiger partial charge in [-0.15, -0.1) is 0 Å².